The van der Waals surface area contributed by atoms with Crippen molar-refractivity contribution in [2.75, 3.05) is 0 Å². The van der Waals surface area contributed by atoms with E-state index in [4.69, 9.17) is 5.73 Å². The van der Waals surface area contributed by atoms with E-state index in [1.165, 1.54) is 12.1 Å². The van der Waals surface area contributed by atoms with Gasteiger partial charge in [0.2, 0.25) is 0 Å². The van der Waals surface area contributed by atoms with Crippen LogP contribution < -0.4 is 5.73 Å². The molecule has 2 aromatic rings. The third-order valence-corrected chi connectivity index (χ3v) is 3.41. The maximum Gasteiger partial charge on any atom is 0.416 e. The van der Waals surface area contributed by atoms with Crippen LogP contribution in [0.5, 0.6) is 0 Å². The zero-order chi connectivity index (χ0) is 15.8. The molecule has 0 spiro atoms. The van der Waals surface area contributed by atoms with Gasteiger partial charge < -0.3 is 5.73 Å². The van der Waals surface area contributed by atoms with Crippen LogP contribution in [0.4, 0.5) is 22.0 Å². The minimum atomic E-state index is -4.66. The molecule has 0 aliphatic rings. The fourth-order valence-corrected chi connectivity index (χ4v) is 2.43. The SMILES string of the molecule is NC(c1ccccc1C(F)(F)F)c1c(F)cc(Br)cc1F. The Morgan fingerprint density at radius 2 is 1.52 bits per heavy atom. The van der Waals surface area contributed by atoms with Crippen molar-refractivity contribution in [1.82, 2.24) is 0 Å². The van der Waals surface area contributed by atoms with E-state index in [1.54, 1.807) is 0 Å². The van der Waals surface area contributed by atoms with Crippen LogP contribution in [0.2, 0.25) is 0 Å². The van der Waals surface area contributed by atoms with Crippen molar-refractivity contribution in [2.24, 2.45) is 5.73 Å². The summed E-state index contributed by atoms with van der Waals surface area (Å²) in [4.78, 5) is 0. The molecule has 112 valence electrons. The molecule has 0 aromatic heterocycles. The van der Waals surface area contributed by atoms with Crippen molar-refractivity contribution in [3.8, 4) is 0 Å². The van der Waals surface area contributed by atoms with Crippen molar-refractivity contribution in [3.63, 3.8) is 0 Å². The fourth-order valence-electron chi connectivity index (χ4n) is 2.03. The molecular formula is C14H9BrF5N. The number of hydrogen-bond donors (Lipinski definition) is 1. The van der Waals surface area contributed by atoms with E-state index in [1.807, 2.05) is 0 Å². The monoisotopic (exact) mass is 365 g/mol. The Kier molecular flexibility index (Phi) is 4.34. The van der Waals surface area contributed by atoms with Gasteiger partial charge in [-0.25, -0.2) is 8.78 Å². The summed E-state index contributed by atoms with van der Waals surface area (Å²) in [5.74, 6) is -2.02. The third kappa shape index (κ3) is 3.24. The zero-order valence-electron chi connectivity index (χ0n) is 10.4. The van der Waals surface area contributed by atoms with Gasteiger partial charge >= 0.3 is 6.18 Å². The smallest absolute Gasteiger partial charge is 0.320 e. The van der Waals surface area contributed by atoms with Crippen molar-refractivity contribution in [3.05, 3.63) is 69.2 Å². The van der Waals surface area contributed by atoms with E-state index < -0.39 is 35.0 Å². The first kappa shape index (κ1) is 15.9. The summed E-state index contributed by atoms with van der Waals surface area (Å²) in [5, 5.41) is 0. The number of benzene rings is 2. The normalized spacial score (nSPS) is 13.3. The van der Waals surface area contributed by atoms with E-state index in [0.29, 0.717) is 0 Å². The Morgan fingerprint density at radius 3 is 2.05 bits per heavy atom. The topological polar surface area (TPSA) is 26.0 Å². The van der Waals surface area contributed by atoms with E-state index in [-0.39, 0.29) is 10.0 Å². The fraction of sp³-hybridized carbons (Fsp3) is 0.143. The standard InChI is InChI=1S/C14H9BrF5N/c15-7-5-10(16)12(11(17)6-7)13(21)8-3-1-2-4-9(8)14(18,19)20/h1-6,13H,21H2. The van der Waals surface area contributed by atoms with Crippen LogP contribution in [0.15, 0.2) is 40.9 Å². The average Bonchev–Trinajstić information content (AvgIpc) is 2.36. The molecule has 0 aliphatic carbocycles. The minimum absolute atomic E-state index is 0.137. The Morgan fingerprint density at radius 1 is 1.00 bits per heavy atom. The van der Waals surface area contributed by atoms with Gasteiger partial charge in [-0.3, -0.25) is 0 Å². The molecule has 0 saturated carbocycles. The Bertz CT molecular complexity index is 646. The van der Waals surface area contributed by atoms with Crippen molar-refractivity contribution >= 4 is 15.9 Å². The van der Waals surface area contributed by atoms with Crippen LogP contribution in [0.1, 0.15) is 22.7 Å². The second-order valence-corrected chi connectivity index (χ2v) is 5.26. The quantitative estimate of drug-likeness (QED) is 0.760. The summed E-state index contributed by atoms with van der Waals surface area (Å²) in [5.41, 5.74) is 3.67. The molecule has 0 radical (unpaired) electrons. The number of rotatable bonds is 2. The molecule has 7 heteroatoms. The summed E-state index contributed by atoms with van der Waals surface area (Å²) in [6.07, 6.45) is -4.66. The molecule has 0 amide bonds. The summed E-state index contributed by atoms with van der Waals surface area (Å²) in [6.45, 7) is 0. The van der Waals surface area contributed by atoms with E-state index in [0.717, 1.165) is 24.3 Å². The predicted octanol–water partition coefficient (Wildman–Crippen LogP) is 4.79. The summed E-state index contributed by atoms with van der Waals surface area (Å²) in [6, 6.07) is 4.80. The molecule has 0 aliphatic heterocycles. The van der Waals surface area contributed by atoms with Crippen LogP contribution in [0, 0.1) is 11.6 Å². The molecule has 0 saturated heterocycles. The first-order chi connectivity index (χ1) is 9.71. The minimum Gasteiger partial charge on any atom is -0.320 e. The summed E-state index contributed by atoms with van der Waals surface area (Å²) >= 11 is 2.90. The number of halogens is 6. The first-order valence-corrected chi connectivity index (χ1v) is 6.57. The van der Waals surface area contributed by atoms with Gasteiger partial charge in [0.1, 0.15) is 11.6 Å². The predicted molar refractivity (Wildman–Crippen MR) is 71.5 cm³/mol. The summed E-state index contributed by atoms with van der Waals surface area (Å²) in [7, 11) is 0. The molecule has 0 heterocycles. The third-order valence-electron chi connectivity index (χ3n) is 2.96. The second-order valence-electron chi connectivity index (χ2n) is 4.35. The Hall–Kier alpha value is -1.47. The maximum atomic E-state index is 13.8. The van der Waals surface area contributed by atoms with Gasteiger partial charge in [-0.2, -0.15) is 13.2 Å². The number of nitrogens with two attached hydrogens (primary N) is 1. The molecule has 1 atom stereocenters. The van der Waals surface area contributed by atoms with Gasteiger partial charge in [-0.05, 0) is 23.8 Å². The van der Waals surface area contributed by atoms with Gasteiger partial charge in [-0.15, -0.1) is 0 Å². The van der Waals surface area contributed by atoms with Gasteiger partial charge in [0, 0.05) is 10.0 Å². The molecular weight excluding hydrogens is 357 g/mol. The van der Waals surface area contributed by atoms with Gasteiger partial charge in [-0.1, -0.05) is 34.1 Å². The average molecular weight is 366 g/mol. The number of hydrogen-bond acceptors (Lipinski definition) is 1. The van der Waals surface area contributed by atoms with Gasteiger partial charge in [0.15, 0.2) is 0 Å². The zero-order valence-corrected chi connectivity index (χ0v) is 12.0. The Balaban J connectivity index is 2.59. The van der Waals surface area contributed by atoms with Gasteiger partial charge in [0.25, 0.3) is 0 Å². The van der Waals surface area contributed by atoms with Gasteiger partial charge in [0.05, 0.1) is 11.6 Å². The lowest BCUT2D eigenvalue weighted by Crippen LogP contribution is -2.20. The molecule has 0 fully saturated rings. The van der Waals surface area contributed by atoms with Crippen molar-refractivity contribution in [2.45, 2.75) is 12.2 Å². The highest BCUT2D eigenvalue weighted by atomic mass is 79.9. The summed E-state index contributed by atoms with van der Waals surface area (Å²) < 4.78 is 66.6. The maximum absolute atomic E-state index is 13.8. The lowest BCUT2D eigenvalue weighted by Gasteiger charge is -2.19. The highest BCUT2D eigenvalue weighted by molar-refractivity contribution is 9.10. The van der Waals surface area contributed by atoms with E-state index >= 15 is 0 Å². The number of alkyl halides is 3. The highest BCUT2D eigenvalue weighted by Gasteiger charge is 2.35. The van der Waals surface area contributed by atoms with Crippen LogP contribution in [0.3, 0.4) is 0 Å². The van der Waals surface area contributed by atoms with Crippen LogP contribution in [0.25, 0.3) is 0 Å². The van der Waals surface area contributed by atoms with Crippen LogP contribution in [-0.4, -0.2) is 0 Å². The second kappa shape index (κ2) is 5.73. The largest absolute Gasteiger partial charge is 0.416 e. The van der Waals surface area contributed by atoms with Crippen molar-refractivity contribution in [1.29, 1.82) is 0 Å². The van der Waals surface area contributed by atoms with Crippen LogP contribution >= 0.6 is 15.9 Å². The van der Waals surface area contributed by atoms with Crippen LogP contribution in [-0.2, 0) is 6.18 Å². The lowest BCUT2D eigenvalue weighted by atomic mass is 9.94. The Labute approximate surface area is 125 Å². The lowest BCUT2D eigenvalue weighted by molar-refractivity contribution is -0.138. The van der Waals surface area contributed by atoms with Crippen molar-refractivity contribution < 1.29 is 22.0 Å². The van der Waals surface area contributed by atoms with E-state index in [9.17, 15) is 22.0 Å². The van der Waals surface area contributed by atoms with E-state index in [2.05, 4.69) is 15.9 Å². The molecule has 1 unspecified atom stereocenters. The molecule has 2 rings (SSSR count). The molecule has 0 bridgehead atoms. The molecule has 21 heavy (non-hydrogen) atoms. The highest BCUT2D eigenvalue weighted by Crippen LogP contribution is 2.37. The molecule has 1 nitrogen and oxygen atoms in total. The first-order valence-electron chi connectivity index (χ1n) is 5.78. The molecule has 2 N–H and O–H groups in total. The molecule has 2 aromatic carbocycles.